The second kappa shape index (κ2) is 8.01. The van der Waals surface area contributed by atoms with Crippen LogP contribution in [0.3, 0.4) is 0 Å². The fourth-order valence-corrected chi connectivity index (χ4v) is 2.16. The lowest BCUT2D eigenvalue weighted by Crippen LogP contribution is -2.43. The monoisotopic (exact) mass is 328 g/mol. The van der Waals surface area contributed by atoms with Crippen molar-refractivity contribution in [3.8, 4) is 11.5 Å². The largest absolute Gasteiger partial charge is 0.497 e. The van der Waals surface area contributed by atoms with Crippen molar-refractivity contribution >= 4 is 11.8 Å². The van der Waals surface area contributed by atoms with Crippen LogP contribution in [0.4, 0.5) is 0 Å². The second-order valence-corrected chi connectivity index (χ2v) is 5.35. The summed E-state index contributed by atoms with van der Waals surface area (Å²) in [6.45, 7) is 3.71. The lowest BCUT2D eigenvalue weighted by Gasteiger charge is -2.10. The van der Waals surface area contributed by atoms with Crippen molar-refractivity contribution in [1.29, 1.82) is 0 Å². The first kappa shape index (κ1) is 17.3. The maximum absolute atomic E-state index is 12.0. The van der Waals surface area contributed by atoms with Gasteiger partial charge in [0.1, 0.15) is 11.5 Å². The molecule has 0 radical (unpaired) electrons. The van der Waals surface area contributed by atoms with Gasteiger partial charge in [-0.25, -0.2) is 0 Å². The zero-order chi connectivity index (χ0) is 17.5. The summed E-state index contributed by atoms with van der Waals surface area (Å²) in [4.78, 5) is 23.7. The van der Waals surface area contributed by atoms with Crippen LogP contribution >= 0.6 is 0 Å². The SMILES string of the molecule is COc1cccc(C(=O)NNC(=O)COc2cc(C)cc(C)c2)c1. The fraction of sp³-hybridized carbons (Fsp3) is 0.222. The number of hydrogen-bond donors (Lipinski definition) is 2. The minimum atomic E-state index is -0.453. The Labute approximate surface area is 140 Å². The molecule has 0 fully saturated rings. The molecular weight excluding hydrogens is 308 g/mol. The van der Waals surface area contributed by atoms with E-state index >= 15 is 0 Å². The van der Waals surface area contributed by atoms with Crippen molar-refractivity contribution in [1.82, 2.24) is 10.9 Å². The van der Waals surface area contributed by atoms with Gasteiger partial charge in [-0.3, -0.25) is 20.4 Å². The summed E-state index contributed by atoms with van der Waals surface area (Å²) in [7, 11) is 1.52. The Kier molecular flexibility index (Phi) is 5.78. The minimum Gasteiger partial charge on any atom is -0.497 e. The molecule has 2 amide bonds. The van der Waals surface area contributed by atoms with Gasteiger partial charge in [0.25, 0.3) is 11.8 Å². The molecule has 0 aromatic heterocycles. The lowest BCUT2D eigenvalue weighted by molar-refractivity contribution is -0.123. The first-order chi connectivity index (χ1) is 11.5. The van der Waals surface area contributed by atoms with E-state index in [4.69, 9.17) is 9.47 Å². The molecule has 0 spiro atoms. The van der Waals surface area contributed by atoms with Crippen LogP contribution in [0.1, 0.15) is 21.5 Å². The van der Waals surface area contributed by atoms with Crippen molar-refractivity contribution in [3.05, 3.63) is 59.2 Å². The Balaban J connectivity index is 1.83. The lowest BCUT2D eigenvalue weighted by atomic mass is 10.1. The Bertz CT molecular complexity index is 723. The highest BCUT2D eigenvalue weighted by Gasteiger charge is 2.09. The molecule has 0 bridgehead atoms. The van der Waals surface area contributed by atoms with Crippen LogP contribution in [0.25, 0.3) is 0 Å². The van der Waals surface area contributed by atoms with E-state index in [1.54, 1.807) is 24.3 Å². The van der Waals surface area contributed by atoms with E-state index in [-0.39, 0.29) is 6.61 Å². The molecule has 2 aromatic carbocycles. The number of nitrogens with one attached hydrogen (secondary N) is 2. The van der Waals surface area contributed by atoms with Gasteiger partial charge in [0.2, 0.25) is 0 Å². The number of methoxy groups -OCH3 is 1. The van der Waals surface area contributed by atoms with Gasteiger partial charge >= 0.3 is 0 Å². The predicted molar refractivity (Wildman–Crippen MR) is 90.0 cm³/mol. The van der Waals surface area contributed by atoms with Gasteiger partial charge in [-0.2, -0.15) is 0 Å². The predicted octanol–water partition coefficient (Wildman–Crippen LogP) is 2.15. The standard InChI is InChI=1S/C18H20N2O4/c1-12-7-13(2)9-16(8-12)24-11-17(21)19-20-18(22)14-5-4-6-15(10-14)23-3/h4-10H,11H2,1-3H3,(H,19,21)(H,20,22). The number of carbonyl (C=O) groups is 2. The fourth-order valence-electron chi connectivity index (χ4n) is 2.16. The molecule has 6 nitrogen and oxygen atoms in total. The maximum Gasteiger partial charge on any atom is 0.276 e. The van der Waals surface area contributed by atoms with E-state index in [0.29, 0.717) is 17.1 Å². The topological polar surface area (TPSA) is 76.7 Å². The molecule has 2 aromatic rings. The van der Waals surface area contributed by atoms with Crippen LogP contribution in [-0.2, 0) is 4.79 Å². The molecule has 0 heterocycles. The molecule has 126 valence electrons. The van der Waals surface area contributed by atoms with Gasteiger partial charge in [0.05, 0.1) is 7.11 Å². The molecule has 0 aliphatic carbocycles. The van der Waals surface area contributed by atoms with E-state index in [2.05, 4.69) is 10.9 Å². The number of ether oxygens (including phenoxy) is 2. The van der Waals surface area contributed by atoms with Crippen LogP contribution in [0.5, 0.6) is 11.5 Å². The quantitative estimate of drug-likeness (QED) is 0.825. The second-order valence-electron chi connectivity index (χ2n) is 5.35. The van der Waals surface area contributed by atoms with Gasteiger partial charge in [0.15, 0.2) is 6.61 Å². The summed E-state index contributed by atoms with van der Waals surface area (Å²) in [5, 5.41) is 0. The third-order valence-corrected chi connectivity index (χ3v) is 3.21. The third kappa shape index (κ3) is 5.01. The van der Waals surface area contributed by atoms with Crippen molar-refractivity contribution in [2.75, 3.05) is 13.7 Å². The van der Waals surface area contributed by atoms with Crippen molar-refractivity contribution in [2.24, 2.45) is 0 Å². The van der Waals surface area contributed by atoms with Crippen LogP contribution in [-0.4, -0.2) is 25.5 Å². The molecule has 0 saturated heterocycles. The van der Waals surface area contributed by atoms with Crippen LogP contribution in [0.15, 0.2) is 42.5 Å². The number of hydrogen-bond acceptors (Lipinski definition) is 4. The summed E-state index contributed by atoms with van der Waals surface area (Å²) in [5.74, 6) is 0.285. The molecule has 0 atom stereocenters. The number of rotatable bonds is 5. The number of hydrazine groups is 1. The highest BCUT2D eigenvalue weighted by atomic mass is 16.5. The van der Waals surface area contributed by atoms with E-state index in [1.165, 1.54) is 7.11 Å². The maximum atomic E-state index is 12.0. The van der Waals surface area contributed by atoms with Crippen molar-refractivity contribution in [2.45, 2.75) is 13.8 Å². The Hall–Kier alpha value is -3.02. The van der Waals surface area contributed by atoms with Crippen molar-refractivity contribution in [3.63, 3.8) is 0 Å². The Morgan fingerprint density at radius 2 is 1.67 bits per heavy atom. The molecule has 0 aliphatic heterocycles. The molecule has 0 aliphatic rings. The Morgan fingerprint density at radius 1 is 0.958 bits per heavy atom. The van der Waals surface area contributed by atoms with Gasteiger partial charge in [-0.15, -0.1) is 0 Å². The molecule has 0 saturated carbocycles. The van der Waals surface area contributed by atoms with Gasteiger partial charge in [0, 0.05) is 5.56 Å². The minimum absolute atomic E-state index is 0.193. The number of aryl methyl sites for hydroxylation is 2. The normalized spacial score (nSPS) is 9.96. The van der Waals surface area contributed by atoms with Gasteiger partial charge in [-0.05, 0) is 55.3 Å². The highest BCUT2D eigenvalue weighted by molar-refractivity contribution is 5.95. The zero-order valence-corrected chi connectivity index (χ0v) is 13.9. The molecule has 2 rings (SSSR count). The molecule has 6 heteroatoms. The first-order valence-corrected chi connectivity index (χ1v) is 7.42. The first-order valence-electron chi connectivity index (χ1n) is 7.42. The van der Waals surface area contributed by atoms with Gasteiger partial charge < -0.3 is 9.47 Å². The summed E-state index contributed by atoms with van der Waals surface area (Å²) in [6, 6.07) is 12.3. The van der Waals surface area contributed by atoms with Crippen LogP contribution < -0.4 is 20.3 Å². The summed E-state index contributed by atoms with van der Waals surface area (Å²) in [6.07, 6.45) is 0. The summed E-state index contributed by atoms with van der Waals surface area (Å²) in [5.41, 5.74) is 7.13. The molecule has 0 unspecified atom stereocenters. The van der Waals surface area contributed by atoms with E-state index in [0.717, 1.165) is 11.1 Å². The summed E-state index contributed by atoms with van der Waals surface area (Å²) < 4.78 is 10.5. The average molecular weight is 328 g/mol. The number of carbonyl (C=O) groups excluding carboxylic acids is 2. The number of benzene rings is 2. The molecule has 24 heavy (non-hydrogen) atoms. The summed E-state index contributed by atoms with van der Waals surface area (Å²) >= 11 is 0. The van der Waals surface area contributed by atoms with Crippen LogP contribution in [0.2, 0.25) is 0 Å². The zero-order valence-electron chi connectivity index (χ0n) is 13.9. The average Bonchev–Trinajstić information content (AvgIpc) is 2.57. The van der Waals surface area contributed by atoms with E-state index < -0.39 is 11.8 Å². The van der Waals surface area contributed by atoms with Crippen LogP contribution in [0, 0.1) is 13.8 Å². The molecular formula is C18H20N2O4. The molecule has 2 N–H and O–H groups in total. The highest BCUT2D eigenvalue weighted by Crippen LogP contribution is 2.16. The van der Waals surface area contributed by atoms with E-state index in [9.17, 15) is 9.59 Å². The third-order valence-electron chi connectivity index (χ3n) is 3.21. The van der Waals surface area contributed by atoms with E-state index in [1.807, 2.05) is 32.0 Å². The van der Waals surface area contributed by atoms with Crippen molar-refractivity contribution < 1.29 is 19.1 Å². The Morgan fingerprint density at radius 3 is 2.33 bits per heavy atom. The number of amides is 2. The smallest absolute Gasteiger partial charge is 0.276 e. The van der Waals surface area contributed by atoms with Gasteiger partial charge in [-0.1, -0.05) is 12.1 Å².